The van der Waals surface area contributed by atoms with Crippen molar-refractivity contribution in [3.05, 3.63) is 35.9 Å². The van der Waals surface area contributed by atoms with Gasteiger partial charge in [0.25, 0.3) is 0 Å². The molecule has 0 radical (unpaired) electrons. The molecule has 746 valence electrons. The van der Waals surface area contributed by atoms with Gasteiger partial charge in [-0.1, -0.05) is 71.9 Å². The highest BCUT2D eigenvalue weighted by molar-refractivity contribution is 7.98. The third-order valence-corrected chi connectivity index (χ3v) is 21.7. The Morgan fingerprint density at radius 2 is 0.857 bits per heavy atom. The van der Waals surface area contributed by atoms with Crippen molar-refractivity contribution in [1.82, 2.24) is 95.3 Å². The first-order valence-electron chi connectivity index (χ1n) is 43.0. The summed E-state index contributed by atoms with van der Waals surface area (Å²) >= 11 is 9.72. The summed E-state index contributed by atoms with van der Waals surface area (Å²) in [6.45, 7) is 12.6. The molecule has 1 heterocycles. The summed E-state index contributed by atoms with van der Waals surface area (Å²) in [6.07, 6.45) is -6.85. The second kappa shape index (κ2) is 59.7. The number of aliphatic carboxylic acids is 2. The smallest absolute Gasteiger partial charge is 0.325 e. The van der Waals surface area contributed by atoms with Gasteiger partial charge in [0.1, 0.15) is 96.7 Å². The maximum Gasteiger partial charge on any atom is 0.325 e. The lowest BCUT2D eigenvalue weighted by Crippen LogP contribution is -2.64. The minimum atomic E-state index is -1.99. The van der Waals surface area contributed by atoms with Gasteiger partial charge in [-0.2, -0.15) is 37.0 Å². The number of nitrogens with two attached hydrogens (primary N) is 4. The Bertz CT molecular complexity index is 4190. The zero-order valence-corrected chi connectivity index (χ0v) is 78.7. The molecular formula is C81H133N23O26S3. The molecule has 1 aliphatic rings. The molecular weight excluding hydrogens is 1810 g/mol. The zero-order chi connectivity index (χ0) is 101. The van der Waals surface area contributed by atoms with Crippen LogP contribution in [-0.4, -0.2) is 325 Å². The number of aliphatic hydroxyl groups excluding tert-OH is 3. The van der Waals surface area contributed by atoms with Crippen molar-refractivity contribution in [2.24, 2.45) is 40.7 Å². The number of hydrogen-bond acceptors (Lipinski definition) is 29. The summed E-state index contributed by atoms with van der Waals surface area (Å²) in [4.78, 5) is 286. The molecule has 1 aliphatic heterocycles. The Labute approximate surface area is 784 Å². The van der Waals surface area contributed by atoms with Crippen molar-refractivity contribution < 1.29 is 126 Å². The van der Waals surface area contributed by atoms with Gasteiger partial charge in [0.05, 0.1) is 37.8 Å². The first-order chi connectivity index (χ1) is 62.3. The number of carboxylic acids is 2. The van der Waals surface area contributed by atoms with E-state index in [0.717, 1.165) is 20.8 Å². The number of benzene rings is 1. The van der Waals surface area contributed by atoms with E-state index in [1.807, 2.05) is 0 Å². The predicted molar refractivity (Wildman–Crippen MR) is 487 cm³/mol. The molecule has 0 saturated carbocycles. The molecule has 0 bridgehead atoms. The molecule has 0 spiro atoms. The van der Waals surface area contributed by atoms with E-state index >= 15 is 4.79 Å². The van der Waals surface area contributed by atoms with Gasteiger partial charge in [-0.15, -0.1) is 0 Å². The standard InChI is InChI=1S/C81H133N23O26S3/c1-37(2)29-49(95-72(121)53(35-131)99-77(126)63(42(9)106)103-78(127)64(43(10)107)102-75(124)61(39(5)6)101-73(122)54(36-132)98-67(116)47(22-24-60(112)113)92-68(117)48(25-28-133-11)93-76(125)62(41(8)105)100-58(110)33-82)70(119)91-45(19-15-26-87-81(85)86)65(114)97-52(31-44-17-13-12-14-18-44)79(128)104-27-16-20-55(104)74(123)88-34-59(111)90-46(21-23-56(83)108)66(115)94-50(30-38(3)4)71(120)96-51(32-57(84)109)69(118)89-40(7)80(129)130/h12-14,17-18,37-43,45-55,61-64,105-107,131-132H,15-16,19-36,82H2,1-11H3,(H2,83,108)(H2,84,109)(H,88,123)(H,89,118)(H,90,111)(H,91,119)(H,92,117)(H,93,125)(H,94,115)(H,95,121)(H,96,120)(H,97,114)(H,98,116)(H,99,126)(H,100,110)(H,101,122)(H,102,124)(H,103,127)(H,112,113)(H,129,130)(H4,85,86,87)/t40-,41+,42+,43+,45-,46-,47-,48-,49-,50-,51-,52-,53-,54-,55-,61-,62-,63-,64-/m0/s1. The van der Waals surface area contributed by atoms with Crippen molar-refractivity contribution in [2.45, 2.75) is 268 Å². The molecule has 49 nitrogen and oxygen atoms in total. The average molecular weight is 1940 g/mol. The Morgan fingerprint density at radius 1 is 0.459 bits per heavy atom. The molecule has 1 saturated heterocycles. The maximum absolute atomic E-state index is 15.0. The zero-order valence-electron chi connectivity index (χ0n) is 76.1. The number of thiol groups is 2. The van der Waals surface area contributed by atoms with Crippen molar-refractivity contribution in [1.29, 1.82) is 5.41 Å². The van der Waals surface area contributed by atoms with Gasteiger partial charge in [-0.25, -0.2) is 0 Å². The highest BCUT2D eigenvalue weighted by Gasteiger charge is 2.43. The highest BCUT2D eigenvalue weighted by Crippen LogP contribution is 2.22. The fourth-order valence-electron chi connectivity index (χ4n) is 13.2. The largest absolute Gasteiger partial charge is 0.481 e. The van der Waals surface area contributed by atoms with Crippen LogP contribution in [0.25, 0.3) is 0 Å². The number of hydrogen-bond donors (Lipinski definition) is 29. The number of aliphatic hydroxyl groups is 3. The number of carbonyl (C=O) groups excluding carboxylic acids is 19. The van der Waals surface area contributed by atoms with Gasteiger partial charge in [0.2, 0.25) is 112 Å². The molecule has 1 aromatic rings. The molecule has 19 amide bonds. The van der Waals surface area contributed by atoms with Gasteiger partial charge < -0.3 is 144 Å². The summed E-state index contributed by atoms with van der Waals surface area (Å²) in [5.74, 6) is -25.2. The van der Waals surface area contributed by atoms with Crippen LogP contribution in [0.15, 0.2) is 30.3 Å². The summed E-state index contributed by atoms with van der Waals surface area (Å²) < 4.78 is 0. The lowest BCUT2D eigenvalue weighted by molar-refractivity contribution is -0.142. The number of carboxylic acid groups (broad SMARTS) is 2. The minimum absolute atomic E-state index is 0.0248. The van der Waals surface area contributed by atoms with Gasteiger partial charge in [0, 0.05) is 43.9 Å². The molecule has 0 aliphatic carbocycles. The number of carbonyl (C=O) groups is 21. The van der Waals surface area contributed by atoms with E-state index < -0.39 is 314 Å². The first-order valence-corrected chi connectivity index (χ1v) is 45.7. The van der Waals surface area contributed by atoms with Gasteiger partial charge in [0.15, 0.2) is 5.96 Å². The topological polar surface area (TPSA) is 795 Å². The number of primary amides is 2. The van der Waals surface area contributed by atoms with Crippen LogP contribution in [0.1, 0.15) is 152 Å². The summed E-state index contributed by atoms with van der Waals surface area (Å²) in [5.41, 5.74) is 22.2. The van der Waals surface area contributed by atoms with Crippen molar-refractivity contribution in [2.75, 3.05) is 49.7 Å². The van der Waals surface area contributed by atoms with Crippen LogP contribution in [0.3, 0.4) is 0 Å². The Hall–Kier alpha value is -11.7. The minimum Gasteiger partial charge on any atom is -0.481 e. The van der Waals surface area contributed by atoms with Crippen LogP contribution in [-0.2, 0) is 107 Å². The van der Waals surface area contributed by atoms with Crippen LogP contribution in [0, 0.1) is 23.2 Å². The number of amides is 19. The van der Waals surface area contributed by atoms with Gasteiger partial charge >= 0.3 is 11.9 Å². The van der Waals surface area contributed by atoms with Crippen LogP contribution in [0.4, 0.5) is 0 Å². The number of thioether (sulfide) groups is 1. The molecule has 2 rings (SSSR count). The Kier molecular flexibility index (Phi) is 52.7. The van der Waals surface area contributed by atoms with E-state index in [-0.39, 0.29) is 76.1 Å². The second-order valence-corrected chi connectivity index (χ2v) is 34.7. The molecule has 31 N–H and O–H groups in total. The lowest BCUT2D eigenvalue weighted by atomic mass is 10.0. The predicted octanol–water partition coefficient (Wildman–Crippen LogP) is -9.56. The Morgan fingerprint density at radius 3 is 1.31 bits per heavy atom. The van der Waals surface area contributed by atoms with Crippen LogP contribution in [0.5, 0.6) is 0 Å². The van der Waals surface area contributed by atoms with E-state index in [1.165, 1.54) is 37.4 Å². The molecule has 1 aromatic carbocycles. The SMILES string of the molecule is CSCC[C@H](NC(=O)[C@@H](NC(=O)CN)[C@@H](C)O)C(=O)N[C@@H](CCC(=O)O)C(=O)N[C@@H](CS)C(=O)N[C@H](C(=O)N[C@H](C(=O)N[C@H](C(=O)N[C@@H](CS)C(=O)N[C@@H](CC(C)C)C(=O)N[C@@H](CCCNC(=N)N)C(=O)N[C@@H](Cc1ccccc1)C(=O)N1CCC[C@H]1C(=O)NCC(=O)N[C@@H](CCC(N)=O)C(=O)N[C@@H](CC(C)C)C(=O)N[C@@H](CC(N)=O)C(=O)N[C@@H](C)C(=O)O)[C@@H](C)O)[C@@H](C)O)C(C)C. The summed E-state index contributed by atoms with van der Waals surface area (Å²) in [6, 6.07) is -17.4. The fourth-order valence-corrected chi connectivity index (χ4v) is 14.2. The molecule has 0 unspecified atom stereocenters. The van der Waals surface area contributed by atoms with Gasteiger partial charge in [-0.3, -0.25) is 106 Å². The summed E-state index contributed by atoms with van der Waals surface area (Å²) in [7, 11) is 0. The number of likely N-dealkylation sites (tertiary alicyclic amines) is 1. The molecule has 0 aromatic heterocycles. The third kappa shape index (κ3) is 42.8. The number of rotatable bonds is 61. The van der Waals surface area contributed by atoms with Crippen LogP contribution >= 0.6 is 37.0 Å². The van der Waals surface area contributed by atoms with Gasteiger partial charge in [-0.05, 0) is 121 Å². The van der Waals surface area contributed by atoms with E-state index in [4.69, 9.17) is 28.3 Å². The van der Waals surface area contributed by atoms with Crippen LogP contribution < -0.4 is 113 Å². The van der Waals surface area contributed by atoms with E-state index in [2.05, 4.69) is 116 Å². The number of guanidine groups is 1. The van der Waals surface area contributed by atoms with Crippen molar-refractivity contribution in [3.63, 3.8) is 0 Å². The highest BCUT2D eigenvalue weighted by atomic mass is 32.2. The summed E-state index contributed by atoms with van der Waals surface area (Å²) in [5, 5.41) is 99.8. The molecule has 19 atom stereocenters. The van der Waals surface area contributed by atoms with Crippen molar-refractivity contribution in [3.8, 4) is 0 Å². The Balaban J connectivity index is 2.45. The van der Waals surface area contributed by atoms with E-state index in [9.17, 15) is 121 Å². The maximum atomic E-state index is 15.0. The average Bonchev–Trinajstić information content (AvgIpc) is 1.67. The second-order valence-electron chi connectivity index (χ2n) is 33.0. The lowest BCUT2D eigenvalue weighted by Gasteiger charge is -2.31. The van der Waals surface area contributed by atoms with E-state index in [1.54, 1.807) is 64.3 Å². The molecule has 133 heavy (non-hydrogen) atoms. The quantitative estimate of drug-likeness (QED) is 0.0125. The third-order valence-electron chi connectivity index (χ3n) is 20.3. The number of nitrogens with one attached hydrogen (secondary N) is 18. The monoisotopic (exact) mass is 1940 g/mol. The van der Waals surface area contributed by atoms with Crippen LogP contribution in [0.2, 0.25) is 0 Å². The normalized spacial score (nSPS) is 16.4. The fraction of sp³-hybridized carbons (Fsp3) is 0.654. The number of nitrogens with zero attached hydrogens (tertiary/aromatic N) is 1. The van der Waals surface area contributed by atoms with E-state index in [0.29, 0.717) is 5.56 Å². The molecule has 1 fully saturated rings. The van der Waals surface area contributed by atoms with Crippen molar-refractivity contribution >= 4 is 167 Å². The first kappa shape index (κ1) is 117. The molecule has 52 heteroatoms.